The number of alkyl halides is 3. The van der Waals surface area contributed by atoms with Crippen molar-refractivity contribution in [2.75, 3.05) is 18.4 Å². The molecular weight excluding hydrogens is 297 g/mol. The lowest BCUT2D eigenvalue weighted by Gasteiger charge is -2.18. The van der Waals surface area contributed by atoms with Crippen LogP contribution >= 0.6 is 0 Å². The number of carbonyl (C=O) groups excluding carboxylic acids is 2. The van der Waals surface area contributed by atoms with Crippen LogP contribution in [0.4, 0.5) is 18.9 Å². The zero-order chi connectivity index (χ0) is 16.8. The highest BCUT2D eigenvalue weighted by atomic mass is 19.4. The van der Waals surface area contributed by atoms with Gasteiger partial charge in [0.15, 0.2) is 0 Å². The number of anilines is 1. The van der Waals surface area contributed by atoms with Crippen molar-refractivity contribution in [3.05, 3.63) is 42.5 Å². The van der Waals surface area contributed by atoms with Crippen molar-refractivity contribution >= 4 is 17.5 Å². The zero-order valence-electron chi connectivity index (χ0n) is 12.1. The van der Waals surface area contributed by atoms with Gasteiger partial charge in [-0.1, -0.05) is 6.08 Å². The van der Waals surface area contributed by atoms with Gasteiger partial charge in [-0.25, -0.2) is 0 Å². The minimum absolute atomic E-state index is 0.0500. The van der Waals surface area contributed by atoms with E-state index in [9.17, 15) is 22.8 Å². The number of hydrogen-bond donors (Lipinski definition) is 1. The van der Waals surface area contributed by atoms with Crippen molar-refractivity contribution in [3.63, 3.8) is 0 Å². The summed E-state index contributed by atoms with van der Waals surface area (Å²) in [5, 5.41) is 2.49. The van der Waals surface area contributed by atoms with Crippen LogP contribution < -0.4 is 5.32 Å². The number of nitrogens with one attached hydrogen (secondary N) is 1. The normalized spacial score (nSPS) is 10.9. The molecule has 2 amide bonds. The van der Waals surface area contributed by atoms with Crippen LogP contribution in [0.2, 0.25) is 0 Å². The van der Waals surface area contributed by atoms with Crippen molar-refractivity contribution in [3.8, 4) is 0 Å². The first-order valence-corrected chi connectivity index (χ1v) is 6.57. The lowest BCUT2D eigenvalue weighted by Crippen LogP contribution is -2.32. The standard InChI is InChI=1S/C15H17F3N2O2/c1-3-9-20(11(2)21)10-8-14(22)19-13-6-4-12(5-7-13)15(16,17)18/h3-7H,1,8-10H2,2H3,(H,19,22). The SMILES string of the molecule is C=CCN(CCC(=O)Nc1ccc(C(F)(F)F)cc1)C(C)=O. The van der Waals surface area contributed by atoms with Crippen LogP contribution in [0.3, 0.4) is 0 Å². The summed E-state index contributed by atoms with van der Waals surface area (Å²) in [6, 6.07) is 4.17. The molecule has 0 bridgehead atoms. The number of halogens is 3. The third-order valence-corrected chi connectivity index (χ3v) is 2.90. The Morgan fingerprint density at radius 3 is 2.32 bits per heavy atom. The first-order valence-electron chi connectivity index (χ1n) is 6.57. The van der Waals surface area contributed by atoms with E-state index in [0.29, 0.717) is 6.54 Å². The molecule has 0 saturated carbocycles. The fraction of sp³-hybridized carbons (Fsp3) is 0.333. The molecule has 0 atom stereocenters. The van der Waals surface area contributed by atoms with Gasteiger partial charge in [0.2, 0.25) is 11.8 Å². The molecule has 0 aromatic heterocycles. The first kappa shape index (κ1) is 17.7. The Balaban J connectivity index is 2.55. The van der Waals surface area contributed by atoms with Gasteiger partial charge in [0.05, 0.1) is 5.56 Å². The quantitative estimate of drug-likeness (QED) is 0.820. The third-order valence-electron chi connectivity index (χ3n) is 2.90. The maximum Gasteiger partial charge on any atom is 0.416 e. The summed E-state index contributed by atoms with van der Waals surface area (Å²) in [7, 11) is 0. The van der Waals surface area contributed by atoms with Gasteiger partial charge in [0.1, 0.15) is 0 Å². The van der Waals surface area contributed by atoms with Crippen LogP contribution in [0, 0.1) is 0 Å². The van der Waals surface area contributed by atoms with E-state index < -0.39 is 11.7 Å². The van der Waals surface area contributed by atoms with Crippen LogP contribution in [-0.2, 0) is 15.8 Å². The van der Waals surface area contributed by atoms with Gasteiger partial charge in [-0.2, -0.15) is 13.2 Å². The largest absolute Gasteiger partial charge is 0.416 e. The summed E-state index contributed by atoms with van der Waals surface area (Å²) in [4.78, 5) is 24.4. The van der Waals surface area contributed by atoms with Crippen molar-refractivity contribution in [1.29, 1.82) is 0 Å². The first-order chi connectivity index (χ1) is 10.2. The molecule has 1 aromatic rings. The van der Waals surface area contributed by atoms with E-state index in [1.54, 1.807) is 6.08 Å². The predicted octanol–water partition coefficient (Wildman–Crippen LogP) is 3.07. The molecule has 0 radical (unpaired) electrons. The van der Waals surface area contributed by atoms with E-state index in [4.69, 9.17) is 0 Å². The van der Waals surface area contributed by atoms with Gasteiger partial charge in [-0.15, -0.1) is 6.58 Å². The molecule has 0 aliphatic rings. The second kappa shape index (κ2) is 7.63. The average molecular weight is 314 g/mol. The lowest BCUT2D eigenvalue weighted by molar-refractivity contribution is -0.137. The fourth-order valence-corrected chi connectivity index (χ4v) is 1.74. The number of carbonyl (C=O) groups is 2. The second-order valence-corrected chi connectivity index (χ2v) is 4.63. The fourth-order valence-electron chi connectivity index (χ4n) is 1.74. The molecule has 0 heterocycles. The Morgan fingerprint density at radius 2 is 1.86 bits per heavy atom. The number of amides is 2. The topological polar surface area (TPSA) is 49.4 Å². The molecule has 1 aromatic carbocycles. The summed E-state index contributed by atoms with van der Waals surface area (Å²) in [5.74, 6) is -0.558. The molecule has 1 N–H and O–H groups in total. The Morgan fingerprint density at radius 1 is 1.27 bits per heavy atom. The van der Waals surface area contributed by atoms with Crippen LogP contribution in [0.25, 0.3) is 0 Å². The van der Waals surface area contributed by atoms with Crippen molar-refractivity contribution in [1.82, 2.24) is 4.90 Å². The highest BCUT2D eigenvalue weighted by Gasteiger charge is 2.29. The molecule has 1 rings (SSSR count). The van der Waals surface area contributed by atoms with Crippen molar-refractivity contribution in [2.45, 2.75) is 19.5 Å². The van der Waals surface area contributed by atoms with Gasteiger partial charge >= 0.3 is 6.18 Å². The van der Waals surface area contributed by atoms with Crippen molar-refractivity contribution in [2.24, 2.45) is 0 Å². The summed E-state index contributed by atoms with van der Waals surface area (Å²) < 4.78 is 37.2. The molecule has 4 nitrogen and oxygen atoms in total. The number of benzene rings is 1. The minimum Gasteiger partial charge on any atom is -0.339 e. The molecule has 0 aliphatic carbocycles. The van der Waals surface area contributed by atoms with E-state index in [2.05, 4.69) is 11.9 Å². The molecule has 0 spiro atoms. The molecule has 0 aliphatic heterocycles. The van der Waals surface area contributed by atoms with Gasteiger partial charge < -0.3 is 10.2 Å². The highest BCUT2D eigenvalue weighted by Crippen LogP contribution is 2.29. The molecule has 120 valence electrons. The molecule has 7 heteroatoms. The van der Waals surface area contributed by atoms with Crippen LogP contribution in [0.5, 0.6) is 0 Å². The second-order valence-electron chi connectivity index (χ2n) is 4.63. The Bertz CT molecular complexity index is 539. The Kier molecular flexibility index (Phi) is 6.15. The van der Waals surface area contributed by atoms with E-state index in [0.717, 1.165) is 12.1 Å². The van der Waals surface area contributed by atoms with Gasteiger partial charge in [0.25, 0.3) is 0 Å². The maximum absolute atomic E-state index is 12.4. The lowest BCUT2D eigenvalue weighted by atomic mass is 10.2. The maximum atomic E-state index is 12.4. The van der Waals surface area contributed by atoms with E-state index in [1.165, 1.54) is 24.0 Å². The summed E-state index contributed by atoms with van der Waals surface area (Å²) in [6.07, 6.45) is -2.81. The summed E-state index contributed by atoms with van der Waals surface area (Å²) in [5.41, 5.74) is -0.504. The number of nitrogens with zero attached hydrogens (tertiary/aromatic N) is 1. The summed E-state index contributed by atoms with van der Waals surface area (Å²) in [6.45, 7) is 5.46. The van der Waals surface area contributed by atoms with E-state index in [1.807, 2.05) is 0 Å². The molecule has 0 fully saturated rings. The Labute approximate surface area is 126 Å². The van der Waals surface area contributed by atoms with Crippen LogP contribution in [0.1, 0.15) is 18.9 Å². The van der Waals surface area contributed by atoms with Gasteiger partial charge in [-0.05, 0) is 24.3 Å². The molecule has 0 saturated heterocycles. The Hall–Kier alpha value is -2.31. The zero-order valence-corrected chi connectivity index (χ0v) is 12.1. The van der Waals surface area contributed by atoms with E-state index >= 15 is 0 Å². The highest BCUT2D eigenvalue weighted by molar-refractivity contribution is 5.91. The minimum atomic E-state index is -4.41. The molecular formula is C15H17F3N2O2. The number of rotatable bonds is 6. The average Bonchev–Trinajstić information content (AvgIpc) is 2.42. The molecule has 0 unspecified atom stereocenters. The van der Waals surface area contributed by atoms with E-state index in [-0.39, 0.29) is 30.5 Å². The van der Waals surface area contributed by atoms with Gasteiger partial charge in [-0.3, -0.25) is 9.59 Å². The smallest absolute Gasteiger partial charge is 0.339 e. The van der Waals surface area contributed by atoms with Crippen LogP contribution in [-0.4, -0.2) is 29.8 Å². The predicted molar refractivity (Wildman–Crippen MR) is 77.1 cm³/mol. The van der Waals surface area contributed by atoms with Crippen LogP contribution in [0.15, 0.2) is 36.9 Å². The third kappa shape index (κ3) is 5.59. The number of hydrogen-bond acceptors (Lipinski definition) is 2. The summed E-state index contributed by atoms with van der Waals surface area (Å²) >= 11 is 0. The van der Waals surface area contributed by atoms with Crippen molar-refractivity contribution < 1.29 is 22.8 Å². The molecule has 22 heavy (non-hydrogen) atoms. The van der Waals surface area contributed by atoms with Gasteiger partial charge in [0, 0.05) is 32.1 Å². The monoisotopic (exact) mass is 314 g/mol.